The second kappa shape index (κ2) is 4.87. The zero-order valence-corrected chi connectivity index (χ0v) is 11.0. The molecule has 0 bridgehead atoms. The van der Waals surface area contributed by atoms with Crippen LogP contribution in [0.2, 0.25) is 0 Å². The van der Waals surface area contributed by atoms with Crippen LogP contribution in [-0.2, 0) is 0 Å². The largest absolute Gasteiger partial charge is 0.330 e. The Morgan fingerprint density at radius 1 is 1.00 bits per heavy atom. The highest BCUT2D eigenvalue weighted by atomic mass is 15.3. The fourth-order valence-corrected chi connectivity index (χ4v) is 3.75. The fourth-order valence-electron chi connectivity index (χ4n) is 3.75. The van der Waals surface area contributed by atoms with Crippen molar-refractivity contribution in [2.24, 2.45) is 11.1 Å². The highest BCUT2D eigenvalue weighted by Crippen LogP contribution is 2.38. The van der Waals surface area contributed by atoms with Gasteiger partial charge < -0.3 is 10.6 Å². The standard InChI is InChI=1S/C14H27N3/c15-11-14(5-1-2-6-14)12-16-7-9-17(10-8-16)13-3-4-13/h13H,1-12,15H2. The third kappa shape index (κ3) is 2.67. The molecule has 0 atom stereocenters. The molecule has 2 aliphatic carbocycles. The lowest BCUT2D eigenvalue weighted by molar-refractivity contribution is 0.0851. The number of rotatable bonds is 4. The van der Waals surface area contributed by atoms with Gasteiger partial charge in [0.25, 0.3) is 0 Å². The summed E-state index contributed by atoms with van der Waals surface area (Å²) in [6.45, 7) is 7.31. The monoisotopic (exact) mass is 237 g/mol. The van der Waals surface area contributed by atoms with Crippen molar-refractivity contribution < 1.29 is 0 Å². The van der Waals surface area contributed by atoms with Crippen molar-refractivity contribution in [3.8, 4) is 0 Å². The maximum Gasteiger partial charge on any atom is 0.0113 e. The first-order chi connectivity index (χ1) is 8.31. The molecular weight excluding hydrogens is 210 g/mol. The van der Waals surface area contributed by atoms with Crippen molar-refractivity contribution in [3.63, 3.8) is 0 Å². The van der Waals surface area contributed by atoms with Crippen LogP contribution in [0.15, 0.2) is 0 Å². The van der Waals surface area contributed by atoms with Crippen LogP contribution < -0.4 is 5.73 Å². The Morgan fingerprint density at radius 3 is 2.18 bits per heavy atom. The van der Waals surface area contributed by atoms with Crippen molar-refractivity contribution in [1.29, 1.82) is 0 Å². The van der Waals surface area contributed by atoms with Crippen LogP contribution in [-0.4, -0.2) is 55.1 Å². The predicted octanol–water partition coefficient (Wildman–Crippen LogP) is 1.29. The first kappa shape index (κ1) is 11.9. The van der Waals surface area contributed by atoms with E-state index in [0.29, 0.717) is 5.41 Å². The van der Waals surface area contributed by atoms with E-state index in [4.69, 9.17) is 5.73 Å². The van der Waals surface area contributed by atoms with Gasteiger partial charge in [0, 0.05) is 38.8 Å². The van der Waals surface area contributed by atoms with Crippen molar-refractivity contribution >= 4 is 0 Å². The molecular formula is C14H27N3. The smallest absolute Gasteiger partial charge is 0.0113 e. The molecule has 2 saturated carbocycles. The van der Waals surface area contributed by atoms with Gasteiger partial charge in [-0.15, -0.1) is 0 Å². The van der Waals surface area contributed by atoms with E-state index in [2.05, 4.69) is 9.80 Å². The number of piperazine rings is 1. The lowest BCUT2D eigenvalue weighted by Crippen LogP contribution is -2.51. The molecule has 98 valence electrons. The molecule has 3 nitrogen and oxygen atoms in total. The Bertz CT molecular complexity index is 248. The molecule has 1 heterocycles. The molecule has 1 aliphatic heterocycles. The summed E-state index contributed by atoms with van der Waals surface area (Å²) in [6.07, 6.45) is 8.44. The summed E-state index contributed by atoms with van der Waals surface area (Å²) in [7, 11) is 0. The lowest BCUT2D eigenvalue weighted by Gasteiger charge is -2.40. The van der Waals surface area contributed by atoms with Crippen LogP contribution in [0.3, 0.4) is 0 Å². The van der Waals surface area contributed by atoms with Crippen LogP contribution >= 0.6 is 0 Å². The van der Waals surface area contributed by atoms with Crippen molar-refractivity contribution in [2.45, 2.75) is 44.6 Å². The summed E-state index contributed by atoms with van der Waals surface area (Å²) in [5.41, 5.74) is 6.51. The molecule has 3 aliphatic rings. The molecule has 0 unspecified atom stereocenters. The maximum absolute atomic E-state index is 6.03. The predicted molar refractivity (Wildman–Crippen MR) is 71.0 cm³/mol. The van der Waals surface area contributed by atoms with Crippen LogP contribution in [0.5, 0.6) is 0 Å². The summed E-state index contributed by atoms with van der Waals surface area (Å²) < 4.78 is 0. The first-order valence-corrected chi connectivity index (χ1v) is 7.48. The highest BCUT2D eigenvalue weighted by molar-refractivity contribution is 4.92. The Morgan fingerprint density at radius 2 is 1.65 bits per heavy atom. The molecule has 0 aromatic carbocycles. The van der Waals surface area contributed by atoms with Gasteiger partial charge in [-0.2, -0.15) is 0 Å². The van der Waals surface area contributed by atoms with E-state index < -0.39 is 0 Å². The summed E-state index contributed by atoms with van der Waals surface area (Å²) in [6, 6.07) is 0.951. The van der Waals surface area contributed by atoms with E-state index in [1.54, 1.807) is 0 Å². The van der Waals surface area contributed by atoms with Gasteiger partial charge in [0.05, 0.1) is 0 Å². The molecule has 0 radical (unpaired) electrons. The topological polar surface area (TPSA) is 32.5 Å². The number of hydrogen-bond donors (Lipinski definition) is 1. The molecule has 3 fully saturated rings. The zero-order chi connectivity index (χ0) is 11.7. The Kier molecular flexibility index (Phi) is 3.42. The average Bonchev–Trinajstić information content (AvgIpc) is 3.11. The van der Waals surface area contributed by atoms with Crippen LogP contribution in [0, 0.1) is 5.41 Å². The van der Waals surface area contributed by atoms with Crippen LogP contribution in [0.1, 0.15) is 38.5 Å². The molecule has 0 aromatic rings. The zero-order valence-electron chi connectivity index (χ0n) is 11.0. The molecule has 0 amide bonds. The van der Waals surface area contributed by atoms with E-state index >= 15 is 0 Å². The van der Waals surface area contributed by atoms with E-state index in [-0.39, 0.29) is 0 Å². The van der Waals surface area contributed by atoms with Gasteiger partial charge in [0.2, 0.25) is 0 Å². The first-order valence-electron chi connectivity index (χ1n) is 7.48. The van der Waals surface area contributed by atoms with Crippen molar-refractivity contribution in [1.82, 2.24) is 9.80 Å². The quantitative estimate of drug-likeness (QED) is 0.799. The van der Waals surface area contributed by atoms with Crippen LogP contribution in [0.25, 0.3) is 0 Å². The number of nitrogens with zero attached hydrogens (tertiary/aromatic N) is 2. The van der Waals surface area contributed by atoms with E-state index in [9.17, 15) is 0 Å². The van der Waals surface area contributed by atoms with Gasteiger partial charge in [-0.3, -0.25) is 4.90 Å². The Hall–Kier alpha value is -0.120. The van der Waals surface area contributed by atoms with E-state index in [1.807, 2.05) is 0 Å². The molecule has 0 spiro atoms. The second-order valence-corrected chi connectivity index (χ2v) is 6.45. The molecule has 3 rings (SSSR count). The highest BCUT2D eigenvalue weighted by Gasteiger charge is 2.36. The summed E-state index contributed by atoms with van der Waals surface area (Å²) in [4.78, 5) is 5.37. The molecule has 2 N–H and O–H groups in total. The van der Waals surface area contributed by atoms with Gasteiger partial charge in [0.1, 0.15) is 0 Å². The maximum atomic E-state index is 6.03. The van der Waals surface area contributed by atoms with Crippen molar-refractivity contribution in [2.75, 3.05) is 39.3 Å². The van der Waals surface area contributed by atoms with Crippen LogP contribution in [0.4, 0.5) is 0 Å². The van der Waals surface area contributed by atoms with Gasteiger partial charge in [0.15, 0.2) is 0 Å². The third-order valence-corrected chi connectivity index (χ3v) is 5.13. The van der Waals surface area contributed by atoms with Crippen molar-refractivity contribution in [3.05, 3.63) is 0 Å². The SMILES string of the molecule is NCC1(CN2CCN(C3CC3)CC2)CCCC1. The normalized spacial score (nSPS) is 30.9. The molecule has 1 saturated heterocycles. The second-order valence-electron chi connectivity index (χ2n) is 6.45. The summed E-state index contributed by atoms with van der Waals surface area (Å²) >= 11 is 0. The molecule has 17 heavy (non-hydrogen) atoms. The molecule has 3 heteroatoms. The Balaban J connectivity index is 1.49. The Labute approximate surface area is 105 Å². The summed E-state index contributed by atoms with van der Waals surface area (Å²) in [5, 5.41) is 0. The number of nitrogens with two attached hydrogens (primary N) is 1. The number of hydrogen-bond acceptors (Lipinski definition) is 3. The fraction of sp³-hybridized carbons (Fsp3) is 1.00. The average molecular weight is 237 g/mol. The van der Waals surface area contributed by atoms with Gasteiger partial charge in [-0.05, 0) is 37.6 Å². The minimum atomic E-state index is 0.474. The van der Waals surface area contributed by atoms with Gasteiger partial charge in [-0.1, -0.05) is 12.8 Å². The van der Waals surface area contributed by atoms with E-state index in [0.717, 1.165) is 12.6 Å². The minimum Gasteiger partial charge on any atom is -0.330 e. The van der Waals surface area contributed by atoms with Gasteiger partial charge in [-0.25, -0.2) is 0 Å². The third-order valence-electron chi connectivity index (χ3n) is 5.13. The summed E-state index contributed by atoms with van der Waals surface area (Å²) in [5.74, 6) is 0. The van der Waals surface area contributed by atoms with Gasteiger partial charge >= 0.3 is 0 Å². The lowest BCUT2D eigenvalue weighted by atomic mass is 9.85. The van der Waals surface area contributed by atoms with E-state index in [1.165, 1.54) is 71.2 Å². The molecule has 0 aromatic heterocycles. The minimum absolute atomic E-state index is 0.474.